The number of rotatable bonds is 10. The molecule has 2 unspecified atom stereocenters. The van der Waals surface area contributed by atoms with E-state index in [0.717, 1.165) is 24.3 Å². The van der Waals surface area contributed by atoms with E-state index < -0.39 is 99.8 Å². The first kappa shape index (κ1) is 31.2. The van der Waals surface area contributed by atoms with Crippen LogP contribution in [-0.2, 0) is 23.8 Å². The monoisotopic (exact) mass is 602 g/mol. The minimum Gasteiger partial charge on any atom is -0.504 e. The third kappa shape index (κ3) is 7.66. The molecule has 3 aromatic rings. The Kier molecular flexibility index (Phi) is 9.36. The van der Waals surface area contributed by atoms with Gasteiger partial charge in [0.05, 0.1) is 11.1 Å². The van der Waals surface area contributed by atoms with E-state index in [2.05, 4.69) is 0 Å². The van der Waals surface area contributed by atoms with Crippen molar-refractivity contribution in [3.05, 3.63) is 65.2 Å². The molecule has 0 fully saturated rings. The third-order valence-electron chi connectivity index (χ3n) is 5.49. The fourth-order valence-corrected chi connectivity index (χ4v) is 3.32. The molecule has 0 aliphatic carbocycles. The first-order valence-electron chi connectivity index (χ1n) is 11.7. The molecule has 9 N–H and O–H groups in total. The zero-order chi connectivity index (χ0) is 32.0. The Balaban J connectivity index is 1.87. The normalized spacial score (nSPS) is 12.3. The van der Waals surface area contributed by atoms with Crippen molar-refractivity contribution < 1.29 is 79.3 Å². The average molecular weight is 602 g/mol. The molecule has 0 bridgehead atoms. The quantitative estimate of drug-likeness (QED) is 0.0686. The van der Waals surface area contributed by atoms with E-state index in [0.29, 0.717) is 24.3 Å². The number of carbonyl (C=O) groups is 4. The minimum absolute atomic E-state index is 0.236. The van der Waals surface area contributed by atoms with Gasteiger partial charge in [-0.1, -0.05) is 6.07 Å². The maximum Gasteiger partial charge on any atom is 0.349 e. The summed E-state index contributed by atoms with van der Waals surface area (Å²) >= 11 is 0. The summed E-state index contributed by atoms with van der Waals surface area (Å²) in [5, 5.41) is 86.3. The number of ether oxygens (including phenoxy) is 3. The Morgan fingerprint density at radius 2 is 1.14 bits per heavy atom. The molecular formula is C27H22O16. The van der Waals surface area contributed by atoms with Crippen LogP contribution >= 0.6 is 0 Å². The van der Waals surface area contributed by atoms with Crippen molar-refractivity contribution in [1.29, 1.82) is 0 Å². The van der Waals surface area contributed by atoms with Crippen LogP contribution in [0.4, 0.5) is 0 Å². The molecule has 0 spiro atoms. The first-order chi connectivity index (χ1) is 20.2. The van der Waals surface area contributed by atoms with E-state index in [1.54, 1.807) is 0 Å². The molecule has 0 aliphatic rings. The van der Waals surface area contributed by atoms with Gasteiger partial charge in [0.1, 0.15) is 6.61 Å². The molecule has 0 radical (unpaired) electrons. The summed E-state index contributed by atoms with van der Waals surface area (Å²) < 4.78 is 14.9. The third-order valence-corrected chi connectivity index (χ3v) is 5.49. The second-order valence-electron chi connectivity index (χ2n) is 8.55. The average Bonchev–Trinajstić information content (AvgIpc) is 2.95. The molecule has 3 rings (SSSR count). The Morgan fingerprint density at radius 1 is 0.651 bits per heavy atom. The maximum absolute atomic E-state index is 12.7. The molecule has 0 heterocycles. The van der Waals surface area contributed by atoms with Gasteiger partial charge >= 0.3 is 23.9 Å². The first-order valence-corrected chi connectivity index (χ1v) is 11.7. The van der Waals surface area contributed by atoms with Gasteiger partial charge in [0, 0.05) is 6.08 Å². The van der Waals surface area contributed by atoms with Gasteiger partial charge in [-0.3, -0.25) is 0 Å². The van der Waals surface area contributed by atoms with Crippen LogP contribution in [0.25, 0.3) is 6.08 Å². The number of aliphatic carboxylic acids is 1. The Bertz CT molecular complexity index is 1560. The van der Waals surface area contributed by atoms with Crippen molar-refractivity contribution in [3.63, 3.8) is 0 Å². The molecule has 0 aliphatic heterocycles. The molecule has 16 nitrogen and oxygen atoms in total. The van der Waals surface area contributed by atoms with Crippen LogP contribution in [-0.4, -0.2) is 88.7 Å². The fraction of sp³-hybridized carbons (Fsp3) is 0.111. The molecule has 0 aromatic heterocycles. The van der Waals surface area contributed by atoms with Gasteiger partial charge in [0.15, 0.2) is 52.1 Å². The van der Waals surface area contributed by atoms with Gasteiger partial charge in [-0.2, -0.15) is 0 Å². The summed E-state index contributed by atoms with van der Waals surface area (Å²) in [5.41, 5.74) is -1.02. The topological polar surface area (TPSA) is 278 Å². The molecule has 0 saturated heterocycles. The van der Waals surface area contributed by atoms with Gasteiger partial charge < -0.3 is 60.2 Å². The van der Waals surface area contributed by atoms with Gasteiger partial charge in [0.25, 0.3) is 0 Å². The second-order valence-corrected chi connectivity index (χ2v) is 8.55. The lowest BCUT2D eigenvalue weighted by atomic mass is 10.1. The smallest absolute Gasteiger partial charge is 0.349 e. The van der Waals surface area contributed by atoms with Gasteiger partial charge in [-0.25, -0.2) is 19.2 Å². The Morgan fingerprint density at radius 3 is 1.60 bits per heavy atom. The van der Waals surface area contributed by atoms with E-state index in [1.165, 1.54) is 6.07 Å². The molecule has 16 heteroatoms. The molecule has 2 atom stereocenters. The van der Waals surface area contributed by atoms with E-state index in [1.807, 2.05) is 0 Å². The van der Waals surface area contributed by atoms with Crippen molar-refractivity contribution >= 4 is 30.0 Å². The van der Waals surface area contributed by atoms with Crippen molar-refractivity contribution in [2.75, 3.05) is 6.61 Å². The van der Waals surface area contributed by atoms with Gasteiger partial charge in [-0.05, 0) is 48.0 Å². The number of benzene rings is 3. The SMILES string of the molecule is O=C(/C=C/c1ccc(O)c(O)c1)OCC(OC(=O)c1cc(O)c(O)c(O)c1)C(OC(=O)c1cc(O)c(O)c(O)c1)C(=O)O. The van der Waals surface area contributed by atoms with E-state index in [4.69, 9.17) is 14.2 Å². The number of phenolic OH excluding ortho intramolecular Hbond substituents is 8. The lowest BCUT2D eigenvalue weighted by Crippen LogP contribution is -2.44. The highest BCUT2D eigenvalue weighted by Crippen LogP contribution is 2.37. The molecule has 3 aromatic carbocycles. The zero-order valence-corrected chi connectivity index (χ0v) is 21.4. The number of aromatic hydroxyl groups is 8. The fourth-order valence-electron chi connectivity index (χ4n) is 3.32. The number of carboxylic acids is 1. The number of carbonyl (C=O) groups excluding carboxylic acids is 3. The highest BCUT2D eigenvalue weighted by atomic mass is 16.6. The standard InChI is InChI=1S/C27H22O16/c28-14-3-1-11(5-15(14)29)2-4-21(34)41-10-20(42-26(39)12-6-16(30)22(35)17(31)7-12)24(25(37)38)43-27(40)13-8-18(32)23(36)19(33)9-13/h1-9,20,24,28-33,35-36H,10H2,(H,37,38)/b4-2+. The van der Waals surface area contributed by atoms with Crippen LogP contribution in [0, 0.1) is 0 Å². The van der Waals surface area contributed by atoms with Crippen LogP contribution in [0.1, 0.15) is 26.3 Å². The Hall–Kier alpha value is -6.32. The van der Waals surface area contributed by atoms with Crippen LogP contribution < -0.4 is 0 Å². The van der Waals surface area contributed by atoms with Crippen LogP contribution in [0.5, 0.6) is 46.0 Å². The predicted molar refractivity (Wildman–Crippen MR) is 139 cm³/mol. The molecule has 0 saturated carbocycles. The summed E-state index contributed by atoms with van der Waals surface area (Å²) in [6.45, 7) is -1.07. The van der Waals surface area contributed by atoms with Crippen LogP contribution in [0.2, 0.25) is 0 Å². The number of hydrogen-bond donors (Lipinski definition) is 9. The lowest BCUT2D eigenvalue weighted by Gasteiger charge is -2.24. The largest absolute Gasteiger partial charge is 0.504 e. The zero-order valence-electron chi connectivity index (χ0n) is 21.4. The van der Waals surface area contributed by atoms with Gasteiger partial charge in [-0.15, -0.1) is 0 Å². The number of esters is 3. The summed E-state index contributed by atoms with van der Waals surface area (Å²) in [4.78, 5) is 49.7. The molecular weight excluding hydrogens is 580 g/mol. The molecule has 0 amide bonds. The van der Waals surface area contributed by atoms with Crippen LogP contribution in [0.15, 0.2) is 48.5 Å². The highest BCUT2D eigenvalue weighted by Gasteiger charge is 2.37. The molecule has 226 valence electrons. The van der Waals surface area contributed by atoms with Crippen molar-refractivity contribution in [2.24, 2.45) is 0 Å². The predicted octanol–water partition coefficient (Wildman–Crippen LogP) is 1.42. The summed E-state index contributed by atoms with van der Waals surface area (Å²) in [6.07, 6.45) is -2.56. The van der Waals surface area contributed by atoms with Crippen molar-refractivity contribution in [3.8, 4) is 46.0 Å². The van der Waals surface area contributed by atoms with E-state index >= 15 is 0 Å². The minimum atomic E-state index is -2.42. The summed E-state index contributed by atoms with van der Waals surface area (Å²) in [5.74, 6) is -12.7. The van der Waals surface area contributed by atoms with Gasteiger partial charge in [0.2, 0.25) is 6.10 Å². The van der Waals surface area contributed by atoms with Crippen molar-refractivity contribution in [2.45, 2.75) is 12.2 Å². The van der Waals surface area contributed by atoms with E-state index in [-0.39, 0.29) is 5.56 Å². The highest BCUT2D eigenvalue weighted by molar-refractivity contribution is 5.94. The Labute approximate surface area is 239 Å². The number of carboxylic acid groups (broad SMARTS) is 1. The van der Waals surface area contributed by atoms with Crippen molar-refractivity contribution in [1.82, 2.24) is 0 Å². The second kappa shape index (κ2) is 12.9. The van der Waals surface area contributed by atoms with E-state index in [9.17, 15) is 65.1 Å². The lowest BCUT2D eigenvalue weighted by molar-refractivity contribution is -0.160. The summed E-state index contributed by atoms with van der Waals surface area (Å²) in [7, 11) is 0. The number of phenols is 8. The molecule has 43 heavy (non-hydrogen) atoms. The number of hydrogen-bond acceptors (Lipinski definition) is 15. The summed E-state index contributed by atoms with van der Waals surface area (Å²) in [6, 6.07) is 6.13. The van der Waals surface area contributed by atoms with Crippen LogP contribution in [0.3, 0.4) is 0 Å². The maximum atomic E-state index is 12.7.